The van der Waals surface area contributed by atoms with Gasteiger partial charge in [0.2, 0.25) is 0 Å². The zero-order valence-corrected chi connectivity index (χ0v) is 10.3. The number of hydrogen-bond acceptors (Lipinski definition) is 3. The molecule has 0 saturated carbocycles. The van der Waals surface area contributed by atoms with Crippen LogP contribution in [0.25, 0.3) is 0 Å². The Morgan fingerprint density at radius 3 is 2.50 bits per heavy atom. The standard InChI is InChI=1S/C13H16F2O3/c1-3-10(13(17)18-2)11(16)8-5-4-6-9(7-8)12(14)15/h4-7,10-12,16H,3H2,1-2H3. The van der Waals surface area contributed by atoms with Gasteiger partial charge in [0.15, 0.2) is 0 Å². The summed E-state index contributed by atoms with van der Waals surface area (Å²) < 4.78 is 29.7. The summed E-state index contributed by atoms with van der Waals surface area (Å²) >= 11 is 0. The monoisotopic (exact) mass is 258 g/mol. The summed E-state index contributed by atoms with van der Waals surface area (Å²) in [6.45, 7) is 1.72. The van der Waals surface area contributed by atoms with Gasteiger partial charge in [0.25, 0.3) is 6.43 Å². The summed E-state index contributed by atoms with van der Waals surface area (Å²) in [7, 11) is 1.23. The number of carbonyl (C=O) groups is 1. The van der Waals surface area contributed by atoms with Crippen molar-refractivity contribution in [1.82, 2.24) is 0 Å². The van der Waals surface area contributed by atoms with E-state index < -0.39 is 24.4 Å². The molecule has 0 aliphatic rings. The van der Waals surface area contributed by atoms with Crippen molar-refractivity contribution in [3.05, 3.63) is 35.4 Å². The zero-order valence-electron chi connectivity index (χ0n) is 10.3. The molecule has 0 aromatic heterocycles. The molecule has 1 aromatic rings. The van der Waals surface area contributed by atoms with E-state index in [2.05, 4.69) is 4.74 Å². The van der Waals surface area contributed by atoms with Crippen LogP contribution in [0, 0.1) is 5.92 Å². The number of hydrogen-bond donors (Lipinski definition) is 1. The van der Waals surface area contributed by atoms with Crippen molar-refractivity contribution in [3.63, 3.8) is 0 Å². The van der Waals surface area contributed by atoms with E-state index in [4.69, 9.17) is 0 Å². The molecule has 0 spiro atoms. The maximum atomic E-state index is 12.5. The quantitative estimate of drug-likeness (QED) is 0.826. The van der Waals surface area contributed by atoms with E-state index >= 15 is 0 Å². The summed E-state index contributed by atoms with van der Waals surface area (Å²) in [5, 5.41) is 10.0. The van der Waals surface area contributed by atoms with E-state index in [9.17, 15) is 18.7 Å². The summed E-state index contributed by atoms with van der Waals surface area (Å²) in [5.41, 5.74) is 0.122. The second-order valence-corrected chi connectivity index (χ2v) is 3.95. The van der Waals surface area contributed by atoms with Crippen LogP contribution in [-0.2, 0) is 9.53 Å². The summed E-state index contributed by atoms with van der Waals surface area (Å²) in [6.07, 6.45) is -3.37. The Labute approximate surface area is 104 Å². The highest BCUT2D eigenvalue weighted by atomic mass is 19.3. The second-order valence-electron chi connectivity index (χ2n) is 3.95. The minimum atomic E-state index is -2.60. The maximum Gasteiger partial charge on any atom is 0.311 e. The Kier molecular flexibility index (Phi) is 5.22. The van der Waals surface area contributed by atoms with Gasteiger partial charge >= 0.3 is 5.97 Å². The minimum Gasteiger partial charge on any atom is -0.469 e. The van der Waals surface area contributed by atoms with Gasteiger partial charge in [-0.25, -0.2) is 8.78 Å². The average Bonchev–Trinajstić information content (AvgIpc) is 2.39. The van der Waals surface area contributed by atoms with Crippen LogP contribution in [0.15, 0.2) is 24.3 Å². The molecule has 0 aliphatic heterocycles. The number of esters is 1. The van der Waals surface area contributed by atoms with Gasteiger partial charge in [-0.15, -0.1) is 0 Å². The number of halogens is 2. The van der Waals surface area contributed by atoms with Crippen LogP contribution in [0.3, 0.4) is 0 Å². The molecule has 1 N–H and O–H groups in total. The molecular weight excluding hydrogens is 242 g/mol. The summed E-state index contributed by atoms with van der Waals surface area (Å²) in [5.74, 6) is -1.30. The van der Waals surface area contributed by atoms with Crippen molar-refractivity contribution in [3.8, 4) is 0 Å². The molecule has 0 amide bonds. The van der Waals surface area contributed by atoms with Crippen molar-refractivity contribution in [1.29, 1.82) is 0 Å². The number of ether oxygens (including phenoxy) is 1. The van der Waals surface area contributed by atoms with Gasteiger partial charge in [-0.05, 0) is 18.1 Å². The highest BCUT2D eigenvalue weighted by Gasteiger charge is 2.27. The predicted octanol–water partition coefficient (Wildman–Crippen LogP) is 2.86. The highest BCUT2D eigenvalue weighted by molar-refractivity contribution is 5.73. The number of benzene rings is 1. The van der Waals surface area contributed by atoms with E-state index in [0.717, 1.165) is 0 Å². The third kappa shape index (κ3) is 3.26. The van der Waals surface area contributed by atoms with Crippen LogP contribution in [-0.4, -0.2) is 18.2 Å². The summed E-state index contributed by atoms with van der Waals surface area (Å²) in [6, 6.07) is 5.44. The lowest BCUT2D eigenvalue weighted by Crippen LogP contribution is -2.23. The van der Waals surface area contributed by atoms with E-state index in [1.165, 1.54) is 31.4 Å². The first-order valence-corrected chi connectivity index (χ1v) is 5.65. The normalized spacial score (nSPS) is 14.3. The predicted molar refractivity (Wildman–Crippen MR) is 62.2 cm³/mol. The highest BCUT2D eigenvalue weighted by Crippen LogP contribution is 2.28. The summed E-state index contributed by atoms with van der Waals surface area (Å²) in [4.78, 5) is 11.4. The average molecular weight is 258 g/mol. The first-order chi connectivity index (χ1) is 8.51. The molecule has 1 aromatic carbocycles. The van der Waals surface area contributed by atoms with Crippen molar-refractivity contribution in [2.24, 2.45) is 5.92 Å². The van der Waals surface area contributed by atoms with Gasteiger partial charge < -0.3 is 9.84 Å². The van der Waals surface area contributed by atoms with Crippen LogP contribution in [0.5, 0.6) is 0 Å². The van der Waals surface area contributed by atoms with E-state index in [1.54, 1.807) is 6.92 Å². The Morgan fingerprint density at radius 1 is 1.39 bits per heavy atom. The first kappa shape index (κ1) is 14.6. The zero-order chi connectivity index (χ0) is 13.7. The van der Waals surface area contributed by atoms with Gasteiger partial charge in [0.05, 0.1) is 19.1 Å². The fourth-order valence-electron chi connectivity index (χ4n) is 1.78. The Balaban J connectivity index is 2.98. The van der Waals surface area contributed by atoms with Crippen molar-refractivity contribution in [2.45, 2.75) is 25.9 Å². The molecule has 0 aliphatic carbocycles. The molecule has 0 fully saturated rings. The lowest BCUT2D eigenvalue weighted by molar-refractivity contribution is -0.149. The number of methoxy groups -OCH3 is 1. The van der Waals surface area contributed by atoms with Crippen LogP contribution >= 0.6 is 0 Å². The van der Waals surface area contributed by atoms with E-state index in [-0.39, 0.29) is 5.56 Å². The molecular formula is C13H16F2O3. The number of aliphatic hydroxyl groups excluding tert-OH is 1. The molecule has 100 valence electrons. The van der Waals surface area contributed by atoms with Crippen molar-refractivity contribution < 1.29 is 23.4 Å². The number of rotatable bonds is 5. The molecule has 2 unspecified atom stereocenters. The molecule has 18 heavy (non-hydrogen) atoms. The number of carbonyl (C=O) groups excluding carboxylic acids is 1. The topological polar surface area (TPSA) is 46.5 Å². The lowest BCUT2D eigenvalue weighted by atomic mass is 9.92. The molecule has 0 bridgehead atoms. The third-order valence-corrected chi connectivity index (χ3v) is 2.83. The van der Waals surface area contributed by atoms with Gasteiger partial charge in [-0.3, -0.25) is 4.79 Å². The fourth-order valence-corrected chi connectivity index (χ4v) is 1.78. The Morgan fingerprint density at radius 2 is 2.00 bits per heavy atom. The van der Waals surface area contributed by atoms with Crippen molar-refractivity contribution >= 4 is 5.97 Å². The minimum absolute atomic E-state index is 0.175. The lowest BCUT2D eigenvalue weighted by Gasteiger charge is -2.20. The van der Waals surface area contributed by atoms with Gasteiger partial charge in [-0.1, -0.05) is 25.1 Å². The SMILES string of the molecule is CCC(C(=O)OC)C(O)c1cccc(C(F)F)c1. The molecule has 1 rings (SSSR count). The first-order valence-electron chi connectivity index (χ1n) is 5.65. The van der Waals surface area contributed by atoms with Crippen molar-refractivity contribution in [2.75, 3.05) is 7.11 Å². The van der Waals surface area contributed by atoms with Crippen LogP contribution < -0.4 is 0 Å². The fraction of sp³-hybridized carbons (Fsp3) is 0.462. The Bertz CT molecular complexity index is 407. The smallest absolute Gasteiger partial charge is 0.311 e. The number of alkyl halides is 2. The van der Waals surface area contributed by atoms with E-state index in [0.29, 0.717) is 12.0 Å². The van der Waals surface area contributed by atoms with Gasteiger partial charge in [-0.2, -0.15) is 0 Å². The van der Waals surface area contributed by atoms with Crippen LogP contribution in [0.2, 0.25) is 0 Å². The third-order valence-electron chi connectivity index (χ3n) is 2.83. The van der Waals surface area contributed by atoms with Gasteiger partial charge in [0, 0.05) is 5.56 Å². The second kappa shape index (κ2) is 6.44. The van der Waals surface area contributed by atoms with Crippen LogP contribution in [0.1, 0.15) is 37.0 Å². The molecule has 2 atom stereocenters. The Hall–Kier alpha value is -1.49. The molecule has 0 radical (unpaired) electrons. The molecule has 0 heterocycles. The van der Waals surface area contributed by atoms with Crippen LogP contribution in [0.4, 0.5) is 8.78 Å². The molecule has 3 nitrogen and oxygen atoms in total. The van der Waals surface area contributed by atoms with Gasteiger partial charge in [0.1, 0.15) is 0 Å². The van der Waals surface area contributed by atoms with E-state index in [1.807, 2.05) is 0 Å². The largest absolute Gasteiger partial charge is 0.469 e. The molecule has 5 heteroatoms. The molecule has 0 saturated heterocycles. The maximum absolute atomic E-state index is 12.5. The number of aliphatic hydroxyl groups is 1.